The molecular weight excluding hydrogens is 222 g/mol. The highest BCUT2D eigenvalue weighted by Crippen LogP contribution is 2.07. The molecule has 3 N–H and O–H groups in total. The molecule has 0 fully saturated rings. The molecule has 0 aliphatic rings. The Kier molecular flexibility index (Phi) is 3.67. The predicted octanol–water partition coefficient (Wildman–Crippen LogP) is 1.37. The smallest absolute Gasteiger partial charge is 0.328 e. The summed E-state index contributed by atoms with van der Waals surface area (Å²) in [6, 6.07) is 2.86. The van der Waals surface area contributed by atoms with Crippen LogP contribution in [0.5, 0.6) is 0 Å². The van der Waals surface area contributed by atoms with Crippen LogP contribution in [-0.2, 0) is 4.79 Å². The molecule has 0 bridgehead atoms. The summed E-state index contributed by atoms with van der Waals surface area (Å²) in [6.07, 6.45) is 1.50. The van der Waals surface area contributed by atoms with Crippen LogP contribution in [0.1, 0.15) is 19.5 Å². The zero-order chi connectivity index (χ0) is 13.1. The maximum atomic E-state index is 11.5. The largest absolute Gasteiger partial charge is 0.480 e. The highest BCUT2D eigenvalue weighted by Gasteiger charge is 2.28. The SMILES string of the molecule is Cc1ccc(NC(=O)NC(C)(C)C(=O)O)cn1. The van der Waals surface area contributed by atoms with Gasteiger partial charge in [-0.25, -0.2) is 9.59 Å². The van der Waals surface area contributed by atoms with Crippen LogP contribution in [0.2, 0.25) is 0 Å². The fraction of sp³-hybridized carbons (Fsp3) is 0.364. The number of aliphatic carboxylic acids is 1. The quantitative estimate of drug-likeness (QED) is 0.740. The third kappa shape index (κ3) is 3.75. The van der Waals surface area contributed by atoms with Gasteiger partial charge in [-0.3, -0.25) is 4.98 Å². The summed E-state index contributed by atoms with van der Waals surface area (Å²) in [5, 5.41) is 13.7. The van der Waals surface area contributed by atoms with E-state index in [4.69, 9.17) is 5.11 Å². The van der Waals surface area contributed by atoms with Gasteiger partial charge in [-0.05, 0) is 32.9 Å². The van der Waals surface area contributed by atoms with Crippen LogP contribution in [0.25, 0.3) is 0 Å². The lowest BCUT2D eigenvalue weighted by Crippen LogP contribution is -2.51. The number of hydrogen-bond donors (Lipinski definition) is 3. The standard InChI is InChI=1S/C11H15N3O3/c1-7-4-5-8(6-12-7)13-10(17)14-11(2,3)9(15)16/h4-6H,1-3H3,(H,15,16)(H2,13,14,17). The Bertz CT molecular complexity index is 426. The Morgan fingerprint density at radius 1 is 1.35 bits per heavy atom. The molecule has 6 heteroatoms. The van der Waals surface area contributed by atoms with E-state index in [9.17, 15) is 9.59 Å². The monoisotopic (exact) mass is 237 g/mol. The zero-order valence-corrected chi connectivity index (χ0v) is 9.94. The highest BCUT2D eigenvalue weighted by molar-refractivity contribution is 5.93. The number of carbonyl (C=O) groups is 2. The lowest BCUT2D eigenvalue weighted by atomic mass is 10.1. The van der Waals surface area contributed by atoms with Crippen molar-refractivity contribution in [1.29, 1.82) is 0 Å². The second-order valence-corrected chi connectivity index (χ2v) is 4.20. The van der Waals surface area contributed by atoms with E-state index in [0.717, 1.165) is 5.69 Å². The minimum absolute atomic E-state index is 0.509. The van der Waals surface area contributed by atoms with Crippen LogP contribution in [0, 0.1) is 6.92 Å². The first-order valence-electron chi connectivity index (χ1n) is 5.06. The number of aryl methyl sites for hydroxylation is 1. The molecule has 2 amide bonds. The van der Waals surface area contributed by atoms with Gasteiger partial charge in [-0.2, -0.15) is 0 Å². The van der Waals surface area contributed by atoms with Gasteiger partial charge in [-0.15, -0.1) is 0 Å². The first-order valence-corrected chi connectivity index (χ1v) is 5.06. The Morgan fingerprint density at radius 3 is 2.47 bits per heavy atom. The van der Waals surface area contributed by atoms with Crippen LogP contribution >= 0.6 is 0 Å². The molecule has 1 aromatic heterocycles. The Balaban J connectivity index is 2.62. The molecule has 1 rings (SSSR count). The average Bonchev–Trinajstić information content (AvgIpc) is 2.20. The summed E-state index contributed by atoms with van der Waals surface area (Å²) in [7, 11) is 0. The number of carbonyl (C=O) groups excluding carboxylic acids is 1. The number of rotatable bonds is 3. The first kappa shape index (κ1) is 13.0. The van der Waals surface area contributed by atoms with Gasteiger partial charge in [0.15, 0.2) is 0 Å². The van der Waals surface area contributed by atoms with Gasteiger partial charge in [0.05, 0.1) is 11.9 Å². The molecule has 0 saturated heterocycles. The third-order valence-corrected chi connectivity index (χ3v) is 2.13. The zero-order valence-electron chi connectivity index (χ0n) is 9.94. The van der Waals surface area contributed by atoms with Gasteiger partial charge in [0.2, 0.25) is 0 Å². The molecule has 0 aliphatic carbocycles. The van der Waals surface area contributed by atoms with Crippen molar-refractivity contribution in [2.45, 2.75) is 26.3 Å². The molecule has 1 heterocycles. The number of pyridine rings is 1. The molecule has 0 spiro atoms. The second-order valence-electron chi connectivity index (χ2n) is 4.20. The van der Waals surface area contributed by atoms with Gasteiger partial charge >= 0.3 is 12.0 Å². The summed E-state index contributed by atoms with van der Waals surface area (Å²) < 4.78 is 0. The van der Waals surface area contributed by atoms with Crippen molar-refractivity contribution in [2.75, 3.05) is 5.32 Å². The maximum Gasteiger partial charge on any atom is 0.328 e. The van der Waals surface area contributed by atoms with Crippen LogP contribution < -0.4 is 10.6 Å². The fourth-order valence-electron chi connectivity index (χ4n) is 1.04. The normalized spacial score (nSPS) is 10.8. The van der Waals surface area contributed by atoms with Gasteiger partial charge in [0, 0.05) is 5.69 Å². The van der Waals surface area contributed by atoms with E-state index in [1.165, 1.54) is 20.0 Å². The Hall–Kier alpha value is -2.11. The molecule has 17 heavy (non-hydrogen) atoms. The third-order valence-electron chi connectivity index (χ3n) is 2.13. The van der Waals surface area contributed by atoms with Crippen molar-refractivity contribution >= 4 is 17.7 Å². The molecule has 0 aromatic carbocycles. The van der Waals surface area contributed by atoms with Crippen molar-refractivity contribution in [1.82, 2.24) is 10.3 Å². The summed E-state index contributed by atoms with van der Waals surface area (Å²) in [4.78, 5) is 26.3. The van der Waals surface area contributed by atoms with E-state index < -0.39 is 17.5 Å². The summed E-state index contributed by atoms with van der Waals surface area (Å²) >= 11 is 0. The molecule has 92 valence electrons. The number of anilines is 1. The van der Waals surface area contributed by atoms with Crippen molar-refractivity contribution in [3.05, 3.63) is 24.0 Å². The number of amides is 2. The maximum absolute atomic E-state index is 11.5. The lowest BCUT2D eigenvalue weighted by Gasteiger charge is -2.21. The highest BCUT2D eigenvalue weighted by atomic mass is 16.4. The predicted molar refractivity (Wildman–Crippen MR) is 62.8 cm³/mol. The van der Waals surface area contributed by atoms with Crippen molar-refractivity contribution in [3.8, 4) is 0 Å². The molecule has 6 nitrogen and oxygen atoms in total. The van der Waals surface area contributed by atoms with Crippen molar-refractivity contribution in [2.24, 2.45) is 0 Å². The van der Waals surface area contributed by atoms with Crippen LogP contribution in [0.15, 0.2) is 18.3 Å². The van der Waals surface area contributed by atoms with E-state index in [1.54, 1.807) is 12.1 Å². The lowest BCUT2D eigenvalue weighted by molar-refractivity contribution is -0.142. The van der Waals surface area contributed by atoms with E-state index >= 15 is 0 Å². The van der Waals surface area contributed by atoms with Gasteiger partial charge < -0.3 is 15.7 Å². The van der Waals surface area contributed by atoms with Gasteiger partial charge in [0.25, 0.3) is 0 Å². The van der Waals surface area contributed by atoms with Crippen LogP contribution in [0.3, 0.4) is 0 Å². The van der Waals surface area contributed by atoms with E-state index in [1.807, 2.05) is 6.92 Å². The number of aromatic nitrogens is 1. The summed E-state index contributed by atoms with van der Waals surface area (Å²) in [6.45, 7) is 4.64. The summed E-state index contributed by atoms with van der Waals surface area (Å²) in [5.41, 5.74) is 0.0264. The molecule has 0 aliphatic heterocycles. The first-order chi connectivity index (χ1) is 7.81. The molecule has 0 atom stereocenters. The van der Waals surface area contributed by atoms with Crippen molar-refractivity contribution in [3.63, 3.8) is 0 Å². The number of hydrogen-bond acceptors (Lipinski definition) is 3. The number of urea groups is 1. The van der Waals surface area contributed by atoms with Crippen LogP contribution in [-0.4, -0.2) is 27.6 Å². The van der Waals surface area contributed by atoms with Gasteiger partial charge in [-0.1, -0.05) is 0 Å². The summed E-state index contributed by atoms with van der Waals surface area (Å²) in [5.74, 6) is -1.10. The molecule has 1 aromatic rings. The number of nitrogens with zero attached hydrogens (tertiary/aromatic N) is 1. The van der Waals surface area contributed by atoms with Gasteiger partial charge in [0.1, 0.15) is 5.54 Å². The second kappa shape index (κ2) is 4.82. The minimum Gasteiger partial charge on any atom is -0.480 e. The topological polar surface area (TPSA) is 91.3 Å². The molecule has 0 saturated carbocycles. The fourth-order valence-corrected chi connectivity index (χ4v) is 1.04. The molecule has 0 radical (unpaired) electrons. The Morgan fingerprint density at radius 2 is 2.00 bits per heavy atom. The van der Waals surface area contributed by atoms with E-state index in [0.29, 0.717) is 5.69 Å². The number of carboxylic acids is 1. The average molecular weight is 237 g/mol. The van der Waals surface area contributed by atoms with E-state index in [-0.39, 0.29) is 0 Å². The Labute approximate surface area is 99.1 Å². The number of nitrogens with one attached hydrogen (secondary N) is 2. The van der Waals surface area contributed by atoms with Crippen LogP contribution in [0.4, 0.5) is 10.5 Å². The van der Waals surface area contributed by atoms with E-state index in [2.05, 4.69) is 15.6 Å². The minimum atomic E-state index is -1.32. The van der Waals surface area contributed by atoms with Crippen molar-refractivity contribution < 1.29 is 14.7 Å². The molecule has 0 unspecified atom stereocenters. The molecular formula is C11H15N3O3. The number of carboxylic acid groups (broad SMARTS) is 1.